The Labute approximate surface area is 151 Å². The number of aromatic nitrogens is 4. The number of aromatic amines is 1. The van der Waals surface area contributed by atoms with Crippen LogP contribution in [0.5, 0.6) is 0 Å². The molecule has 0 radical (unpaired) electrons. The summed E-state index contributed by atoms with van der Waals surface area (Å²) in [6.07, 6.45) is 7.51. The largest absolute Gasteiger partial charge is 0.369 e. The lowest BCUT2D eigenvalue weighted by Crippen LogP contribution is -2.23. The van der Waals surface area contributed by atoms with E-state index in [1.54, 1.807) is 6.21 Å². The molecule has 0 saturated heterocycles. The first-order valence-electron chi connectivity index (χ1n) is 8.60. The number of carbonyl (C=O) groups excluding carboxylic acids is 1. The maximum Gasteiger partial charge on any atom is 0.220 e. The molecule has 8 nitrogen and oxygen atoms in total. The number of hydrogen-bond donors (Lipinski definition) is 3. The Kier molecular flexibility index (Phi) is 5.11. The van der Waals surface area contributed by atoms with Crippen molar-refractivity contribution in [1.29, 1.82) is 0 Å². The van der Waals surface area contributed by atoms with Crippen molar-refractivity contribution in [2.45, 2.75) is 39.2 Å². The quantitative estimate of drug-likeness (QED) is 0.688. The zero-order valence-electron chi connectivity index (χ0n) is 15.0. The number of nitrogens with two attached hydrogens (primary N) is 1. The van der Waals surface area contributed by atoms with Gasteiger partial charge in [0.2, 0.25) is 5.91 Å². The Hall–Kier alpha value is -3.03. The summed E-state index contributed by atoms with van der Waals surface area (Å²) in [7, 11) is 0. The van der Waals surface area contributed by atoms with E-state index in [1.165, 1.54) is 6.33 Å². The third-order valence-corrected chi connectivity index (χ3v) is 4.47. The number of amides is 1. The third kappa shape index (κ3) is 3.79. The molecule has 1 unspecified atom stereocenters. The molecule has 1 aliphatic carbocycles. The van der Waals surface area contributed by atoms with E-state index in [9.17, 15) is 4.79 Å². The summed E-state index contributed by atoms with van der Waals surface area (Å²) in [5, 5.41) is 3.38. The van der Waals surface area contributed by atoms with Crippen LogP contribution in [0.25, 0.3) is 16.7 Å². The predicted molar refractivity (Wildman–Crippen MR) is 103 cm³/mol. The van der Waals surface area contributed by atoms with Crippen LogP contribution in [0.4, 0.5) is 5.82 Å². The van der Waals surface area contributed by atoms with E-state index in [1.807, 2.05) is 19.9 Å². The molecule has 1 fully saturated rings. The van der Waals surface area contributed by atoms with E-state index >= 15 is 0 Å². The Morgan fingerprint density at radius 2 is 2.27 bits per heavy atom. The second-order valence-corrected chi connectivity index (χ2v) is 6.50. The smallest absolute Gasteiger partial charge is 0.220 e. The molecule has 0 aliphatic heterocycles. The van der Waals surface area contributed by atoms with Crippen LogP contribution in [0.1, 0.15) is 38.9 Å². The number of H-pyrrole nitrogens is 1. The van der Waals surface area contributed by atoms with E-state index in [4.69, 9.17) is 5.73 Å². The van der Waals surface area contributed by atoms with E-state index < -0.39 is 0 Å². The number of anilines is 1. The molecule has 0 spiro atoms. The molecule has 4 N–H and O–H groups in total. The SMILES string of the molecule is C=C(C)/N=C\C(=C/C)c1nc2c(N[C@H]3CCC(C(N)=O)C3)ncnc2[nH]1. The van der Waals surface area contributed by atoms with Gasteiger partial charge >= 0.3 is 0 Å². The molecule has 2 heterocycles. The van der Waals surface area contributed by atoms with E-state index in [0.29, 0.717) is 34.9 Å². The lowest BCUT2D eigenvalue weighted by molar-refractivity contribution is -0.121. The summed E-state index contributed by atoms with van der Waals surface area (Å²) in [5.41, 5.74) is 8.27. The first kappa shape index (κ1) is 17.8. The second-order valence-electron chi connectivity index (χ2n) is 6.50. The van der Waals surface area contributed by atoms with Gasteiger partial charge in [0.05, 0.1) is 0 Å². The van der Waals surface area contributed by atoms with Crippen molar-refractivity contribution in [2.75, 3.05) is 5.32 Å². The van der Waals surface area contributed by atoms with Gasteiger partial charge in [0.15, 0.2) is 17.0 Å². The van der Waals surface area contributed by atoms with E-state index in [-0.39, 0.29) is 17.9 Å². The maximum absolute atomic E-state index is 11.4. The Morgan fingerprint density at radius 3 is 2.92 bits per heavy atom. The molecule has 8 heteroatoms. The number of aliphatic imine (C=N–C) groups is 1. The molecule has 2 aromatic rings. The topological polar surface area (TPSA) is 122 Å². The molecule has 1 saturated carbocycles. The Balaban J connectivity index is 1.85. The van der Waals surface area contributed by atoms with Crippen LogP contribution in [-0.4, -0.2) is 38.1 Å². The number of allylic oxidation sites excluding steroid dienone is 3. The van der Waals surface area contributed by atoms with Crippen LogP contribution in [0.3, 0.4) is 0 Å². The highest BCUT2D eigenvalue weighted by Crippen LogP contribution is 2.29. The highest BCUT2D eigenvalue weighted by atomic mass is 16.1. The number of imidazole rings is 1. The molecule has 26 heavy (non-hydrogen) atoms. The number of nitrogens with one attached hydrogen (secondary N) is 2. The first-order chi connectivity index (χ1) is 12.5. The van der Waals surface area contributed by atoms with Crippen molar-refractivity contribution in [3.05, 3.63) is 30.5 Å². The van der Waals surface area contributed by atoms with Gasteiger partial charge in [-0.1, -0.05) is 12.7 Å². The van der Waals surface area contributed by atoms with Gasteiger partial charge in [0, 0.05) is 29.4 Å². The van der Waals surface area contributed by atoms with Gasteiger partial charge in [-0.25, -0.2) is 15.0 Å². The van der Waals surface area contributed by atoms with Crippen molar-refractivity contribution in [1.82, 2.24) is 19.9 Å². The van der Waals surface area contributed by atoms with Crippen molar-refractivity contribution in [2.24, 2.45) is 16.6 Å². The highest BCUT2D eigenvalue weighted by molar-refractivity contribution is 6.09. The van der Waals surface area contributed by atoms with Crippen molar-refractivity contribution in [3.63, 3.8) is 0 Å². The molecule has 0 aromatic carbocycles. The summed E-state index contributed by atoms with van der Waals surface area (Å²) in [4.78, 5) is 32.0. The fraction of sp³-hybridized carbons (Fsp3) is 0.389. The molecule has 3 rings (SSSR count). The zero-order valence-corrected chi connectivity index (χ0v) is 15.0. The molecule has 1 amide bonds. The average molecular weight is 353 g/mol. The van der Waals surface area contributed by atoms with Gasteiger partial charge in [-0.15, -0.1) is 0 Å². The summed E-state index contributed by atoms with van der Waals surface area (Å²) in [6, 6.07) is 0.150. The molecule has 2 atom stereocenters. The molecule has 0 bridgehead atoms. The summed E-state index contributed by atoms with van der Waals surface area (Å²) >= 11 is 0. The van der Waals surface area contributed by atoms with Crippen molar-refractivity contribution >= 4 is 34.7 Å². The average Bonchev–Trinajstić information content (AvgIpc) is 3.22. The minimum Gasteiger partial charge on any atom is -0.369 e. The maximum atomic E-state index is 11.4. The fourth-order valence-electron chi connectivity index (χ4n) is 3.09. The van der Waals surface area contributed by atoms with Gasteiger partial charge in [-0.2, -0.15) is 0 Å². The fourth-order valence-corrected chi connectivity index (χ4v) is 3.09. The number of primary amides is 1. The van der Waals surface area contributed by atoms with Gasteiger partial charge in [-0.3, -0.25) is 9.79 Å². The van der Waals surface area contributed by atoms with Crippen LogP contribution in [0, 0.1) is 5.92 Å². The molecular weight excluding hydrogens is 330 g/mol. The Morgan fingerprint density at radius 1 is 1.46 bits per heavy atom. The normalized spacial score (nSPS) is 20.8. The van der Waals surface area contributed by atoms with Gasteiger partial charge in [0.25, 0.3) is 0 Å². The molecule has 1 aliphatic rings. The number of carbonyl (C=O) groups is 1. The van der Waals surface area contributed by atoms with Gasteiger partial charge < -0.3 is 16.0 Å². The molecule has 2 aromatic heterocycles. The minimum atomic E-state index is -0.237. The van der Waals surface area contributed by atoms with Gasteiger partial charge in [0.1, 0.15) is 12.2 Å². The number of nitrogens with zero attached hydrogens (tertiary/aromatic N) is 4. The van der Waals surface area contributed by atoms with Gasteiger partial charge in [-0.05, 0) is 33.1 Å². The third-order valence-electron chi connectivity index (χ3n) is 4.47. The second kappa shape index (κ2) is 7.47. The van der Waals surface area contributed by atoms with Crippen LogP contribution in [-0.2, 0) is 4.79 Å². The van der Waals surface area contributed by atoms with Crippen LogP contribution >= 0.6 is 0 Å². The lowest BCUT2D eigenvalue weighted by Gasteiger charge is -2.13. The molecule has 136 valence electrons. The summed E-state index contributed by atoms with van der Waals surface area (Å²) in [5.74, 6) is 1.00. The van der Waals surface area contributed by atoms with Crippen molar-refractivity contribution < 1.29 is 4.79 Å². The lowest BCUT2D eigenvalue weighted by atomic mass is 10.1. The monoisotopic (exact) mass is 353 g/mol. The van der Waals surface area contributed by atoms with E-state index in [0.717, 1.165) is 18.4 Å². The highest BCUT2D eigenvalue weighted by Gasteiger charge is 2.29. The standard InChI is InChI=1S/C18H23N7O/c1-4-11(8-20-10(2)3)16-24-14-17(21-9-22-18(14)25-16)23-13-6-5-12(7-13)15(19)26/h4,8-9,12-13H,2,5-7H2,1,3H3,(H2,19,26)(H2,21,22,23,24,25)/b11-4+,20-8-/t12?,13-/m0/s1. The zero-order chi connectivity index (χ0) is 18.7. The molecular formula is C18H23N7O. The van der Waals surface area contributed by atoms with Crippen LogP contribution in [0.2, 0.25) is 0 Å². The van der Waals surface area contributed by atoms with E-state index in [2.05, 4.69) is 36.8 Å². The van der Waals surface area contributed by atoms with Crippen molar-refractivity contribution in [3.8, 4) is 0 Å². The summed E-state index contributed by atoms with van der Waals surface area (Å²) < 4.78 is 0. The number of fused-ring (bicyclic) bond motifs is 1. The first-order valence-corrected chi connectivity index (χ1v) is 8.60. The van der Waals surface area contributed by atoms with Crippen LogP contribution < -0.4 is 11.1 Å². The number of rotatable bonds is 6. The predicted octanol–water partition coefficient (Wildman–Crippen LogP) is 2.43. The minimum absolute atomic E-state index is 0.0763. The Bertz CT molecular complexity index is 896. The summed E-state index contributed by atoms with van der Waals surface area (Å²) in [6.45, 7) is 7.51. The number of hydrogen-bond acceptors (Lipinski definition) is 6. The van der Waals surface area contributed by atoms with Crippen LogP contribution in [0.15, 0.2) is 29.7 Å².